The maximum absolute atomic E-state index is 12.4. The highest BCUT2D eigenvalue weighted by atomic mass is 16.5. The van der Waals surface area contributed by atoms with Gasteiger partial charge >= 0.3 is 5.97 Å². The molecule has 0 saturated carbocycles. The van der Waals surface area contributed by atoms with E-state index in [9.17, 15) is 14.7 Å². The molecule has 0 spiro atoms. The SMILES string of the molecule is Cc1ccc(OC2(C(=O)O)CCN(C(=O)CC3C=CCC3)CC2)cn1. The quantitative estimate of drug-likeness (QED) is 0.831. The molecule has 0 aromatic carbocycles. The number of hydrogen-bond donors (Lipinski definition) is 1. The lowest BCUT2D eigenvalue weighted by Gasteiger charge is -2.39. The third kappa shape index (κ3) is 4.00. The van der Waals surface area contributed by atoms with E-state index in [-0.39, 0.29) is 18.7 Å². The second kappa shape index (κ2) is 7.25. The molecule has 3 rings (SSSR count). The number of hydrogen-bond acceptors (Lipinski definition) is 4. The fourth-order valence-electron chi connectivity index (χ4n) is 3.44. The number of carboxylic acids is 1. The Morgan fingerprint density at radius 1 is 1.36 bits per heavy atom. The van der Waals surface area contributed by atoms with Crippen LogP contribution in [0.25, 0.3) is 0 Å². The van der Waals surface area contributed by atoms with Crippen molar-refractivity contribution in [3.05, 3.63) is 36.2 Å². The van der Waals surface area contributed by atoms with Crippen molar-refractivity contribution in [2.75, 3.05) is 13.1 Å². The van der Waals surface area contributed by atoms with E-state index >= 15 is 0 Å². The number of aliphatic carboxylic acids is 1. The molecule has 134 valence electrons. The fourth-order valence-corrected chi connectivity index (χ4v) is 3.44. The van der Waals surface area contributed by atoms with E-state index in [0.29, 0.717) is 31.2 Å². The first-order valence-corrected chi connectivity index (χ1v) is 8.78. The lowest BCUT2D eigenvalue weighted by Crippen LogP contribution is -2.54. The lowest BCUT2D eigenvalue weighted by molar-refractivity contribution is -0.162. The number of ether oxygens (including phenoxy) is 1. The molecule has 1 saturated heterocycles. The van der Waals surface area contributed by atoms with Crippen LogP contribution in [0.5, 0.6) is 5.75 Å². The Balaban J connectivity index is 1.61. The van der Waals surface area contributed by atoms with Crippen LogP contribution in [0.4, 0.5) is 0 Å². The van der Waals surface area contributed by atoms with E-state index in [1.54, 1.807) is 23.2 Å². The van der Waals surface area contributed by atoms with Crippen LogP contribution in [-0.2, 0) is 9.59 Å². The second-order valence-electron chi connectivity index (χ2n) is 6.89. The molecular formula is C19H24N2O4. The first-order valence-electron chi connectivity index (χ1n) is 8.78. The highest BCUT2D eigenvalue weighted by Crippen LogP contribution is 2.30. The van der Waals surface area contributed by atoms with Gasteiger partial charge in [-0.15, -0.1) is 0 Å². The first-order chi connectivity index (χ1) is 12.0. The molecule has 0 bridgehead atoms. The minimum atomic E-state index is -1.29. The van der Waals surface area contributed by atoms with Crippen LogP contribution >= 0.6 is 0 Å². The predicted molar refractivity (Wildman–Crippen MR) is 92.3 cm³/mol. The summed E-state index contributed by atoms with van der Waals surface area (Å²) in [5.41, 5.74) is -0.445. The van der Waals surface area contributed by atoms with Crippen LogP contribution in [0.1, 0.15) is 37.8 Å². The average Bonchev–Trinajstić information content (AvgIpc) is 3.10. The van der Waals surface area contributed by atoms with Crippen LogP contribution in [-0.4, -0.2) is 45.6 Å². The van der Waals surface area contributed by atoms with Crippen molar-refractivity contribution in [3.63, 3.8) is 0 Å². The third-order valence-electron chi connectivity index (χ3n) is 5.06. The average molecular weight is 344 g/mol. The maximum Gasteiger partial charge on any atom is 0.348 e. The fraction of sp³-hybridized carbons (Fsp3) is 0.526. The van der Waals surface area contributed by atoms with Crippen molar-refractivity contribution in [1.82, 2.24) is 9.88 Å². The normalized spacial score (nSPS) is 22.0. The zero-order chi connectivity index (χ0) is 17.9. The Hall–Kier alpha value is -2.37. The monoisotopic (exact) mass is 344 g/mol. The first kappa shape index (κ1) is 17.5. The number of carbonyl (C=O) groups is 2. The molecule has 1 amide bonds. The molecule has 1 aromatic rings. The topological polar surface area (TPSA) is 79.7 Å². The standard InChI is InChI=1S/C19H24N2O4/c1-14-6-7-16(13-20-14)25-19(18(23)24)8-10-21(11-9-19)17(22)12-15-4-2-3-5-15/h2,4,6-7,13,15H,3,5,8-12H2,1H3,(H,23,24). The van der Waals surface area contributed by atoms with E-state index < -0.39 is 11.6 Å². The van der Waals surface area contributed by atoms with Crippen LogP contribution in [0.15, 0.2) is 30.5 Å². The Bertz CT molecular complexity index is 661. The minimum Gasteiger partial charge on any atom is -0.478 e. The van der Waals surface area contributed by atoms with Crippen molar-refractivity contribution in [1.29, 1.82) is 0 Å². The molecular weight excluding hydrogens is 320 g/mol. The molecule has 6 heteroatoms. The molecule has 1 aliphatic heterocycles. The van der Waals surface area contributed by atoms with Gasteiger partial charge in [0.2, 0.25) is 11.5 Å². The summed E-state index contributed by atoms with van der Waals surface area (Å²) in [5, 5.41) is 9.70. The van der Waals surface area contributed by atoms with Crippen molar-refractivity contribution >= 4 is 11.9 Å². The Morgan fingerprint density at radius 3 is 2.68 bits per heavy atom. The highest BCUT2D eigenvalue weighted by Gasteiger charge is 2.45. The molecule has 2 heterocycles. The van der Waals surface area contributed by atoms with E-state index in [1.807, 2.05) is 6.92 Å². The predicted octanol–water partition coefficient (Wildman–Crippen LogP) is 2.57. The Morgan fingerprint density at radius 2 is 2.12 bits per heavy atom. The van der Waals surface area contributed by atoms with Crippen molar-refractivity contribution in [2.45, 2.75) is 44.6 Å². The molecule has 6 nitrogen and oxygen atoms in total. The number of likely N-dealkylation sites (tertiary alicyclic amines) is 1. The number of carbonyl (C=O) groups excluding carboxylic acids is 1. The van der Waals surface area contributed by atoms with Gasteiger partial charge in [0.1, 0.15) is 5.75 Å². The molecule has 1 N–H and O–H groups in total. The molecule has 0 radical (unpaired) electrons. The van der Waals surface area contributed by atoms with Gasteiger partial charge in [-0.25, -0.2) is 4.79 Å². The van der Waals surface area contributed by atoms with Gasteiger partial charge in [-0.2, -0.15) is 0 Å². The van der Waals surface area contributed by atoms with Gasteiger partial charge in [0.25, 0.3) is 0 Å². The number of aromatic nitrogens is 1. The van der Waals surface area contributed by atoms with E-state index in [4.69, 9.17) is 4.74 Å². The van der Waals surface area contributed by atoms with Crippen LogP contribution in [0.3, 0.4) is 0 Å². The van der Waals surface area contributed by atoms with Gasteiger partial charge in [0.15, 0.2) is 0 Å². The molecule has 25 heavy (non-hydrogen) atoms. The van der Waals surface area contributed by atoms with Gasteiger partial charge in [-0.05, 0) is 37.8 Å². The summed E-state index contributed by atoms with van der Waals surface area (Å²) in [4.78, 5) is 30.2. The van der Waals surface area contributed by atoms with Gasteiger partial charge in [-0.3, -0.25) is 9.78 Å². The number of piperidine rings is 1. The van der Waals surface area contributed by atoms with E-state index in [1.165, 1.54) is 0 Å². The zero-order valence-electron chi connectivity index (χ0n) is 14.5. The van der Waals surface area contributed by atoms with E-state index in [0.717, 1.165) is 18.5 Å². The number of nitrogens with zero attached hydrogens (tertiary/aromatic N) is 2. The molecule has 1 unspecified atom stereocenters. The molecule has 1 fully saturated rings. The zero-order valence-corrected chi connectivity index (χ0v) is 14.5. The summed E-state index contributed by atoms with van der Waals surface area (Å²) in [7, 11) is 0. The number of rotatable bonds is 5. The van der Waals surface area contributed by atoms with Crippen LogP contribution in [0.2, 0.25) is 0 Å². The minimum absolute atomic E-state index is 0.104. The Kier molecular flexibility index (Phi) is 5.06. The van der Waals surface area contributed by atoms with Gasteiger partial charge in [0.05, 0.1) is 6.20 Å². The molecule has 2 aliphatic rings. The van der Waals surface area contributed by atoms with Crippen LogP contribution < -0.4 is 4.74 Å². The van der Waals surface area contributed by atoms with Crippen molar-refractivity contribution in [2.24, 2.45) is 5.92 Å². The summed E-state index contributed by atoms with van der Waals surface area (Å²) < 4.78 is 5.81. The van der Waals surface area contributed by atoms with Gasteiger partial charge in [-0.1, -0.05) is 12.2 Å². The van der Waals surface area contributed by atoms with Gasteiger partial charge in [0, 0.05) is 38.0 Å². The third-order valence-corrected chi connectivity index (χ3v) is 5.06. The summed E-state index contributed by atoms with van der Waals surface area (Å²) >= 11 is 0. The van der Waals surface area contributed by atoms with Crippen LogP contribution in [0, 0.1) is 12.8 Å². The van der Waals surface area contributed by atoms with Crippen molar-refractivity contribution < 1.29 is 19.4 Å². The molecule has 1 atom stereocenters. The number of amides is 1. The summed E-state index contributed by atoms with van der Waals surface area (Å²) in [6.07, 6.45) is 8.92. The highest BCUT2D eigenvalue weighted by molar-refractivity contribution is 5.80. The maximum atomic E-state index is 12.4. The number of pyridine rings is 1. The largest absolute Gasteiger partial charge is 0.478 e. The Labute approximate surface area is 147 Å². The number of allylic oxidation sites excluding steroid dienone is 2. The number of aryl methyl sites for hydroxylation is 1. The summed E-state index contributed by atoms with van der Waals surface area (Å²) in [6.45, 7) is 2.67. The summed E-state index contributed by atoms with van der Waals surface area (Å²) in [5.74, 6) is -0.108. The molecule has 1 aliphatic carbocycles. The number of carboxylic acid groups (broad SMARTS) is 1. The summed E-state index contributed by atoms with van der Waals surface area (Å²) in [6, 6.07) is 3.52. The smallest absolute Gasteiger partial charge is 0.348 e. The van der Waals surface area contributed by atoms with E-state index in [2.05, 4.69) is 17.1 Å². The lowest BCUT2D eigenvalue weighted by atomic mass is 9.90. The second-order valence-corrected chi connectivity index (χ2v) is 6.89. The molecule has 1 aromatic heterocycles. The van der Waals surface area contributed by atoms with Crippen molar-refractivity contribution in [3.8, 4) is 5.75 Å². The van der Waals surface area contributed by atoms with Gasteiger partial charge < -0.3 is 14.7 Å².